The van der Waals surface area contributed by atoms with E-state index in [0.29, 0.717) is 12.0 Å². The van der Waals surface area contributed by atoms with Gasteiger partial charge in [-0.05, 0) is 52.5 Å². The quantitative estimate of drug-likeness (QED) is 0.810. The molecule has 0 radical (unpaired) electrons. The minimum absolute atomic E-state index is 0.181. The highest BCUT2D eigenvalue weighted by Gasteiger charge is 2.23. The second-order valence-corrected chi connectivity index (χ2v) is 6.94. The molecule has 1 heterocycles. The van der Waals surface area contributed by atoms with Gasteiger partial charge in [0.1, 0.15) is 0 Å². The molecule has 0 saturated heterocycles. The first kappa shape index (κ1) is 16.1. The van der Waals surface area contributed by atoms with Crippen molar-refractivity contribution in [2.45, 2.75) is 65.8 Å². The van der Waals surface area contributed by atoms with Crippen molar-refractivity contribution in [3.8, 4) is 0 Å². The molecule has 1 aliphatic rings. The minimum atomic E-state index is 0.181. The zero-order valence-electron chi connectivity index (χ0n) is 14.3. The Balaban J connectivity index is 2.10. The smallest absolute Gasteiger partial charge is 0.255 e. The fourth-order valence-electron chi connectivity index (χ4n) is 3.83. The molecule has 0 N–H and O–H groups in total. The maximum atomic E-state index is 12.7. The van der Waals surface area contributed by atoms with E-state index in [9.17, 15) is 4.79 Å². The molecule has 1 aromatic heterocycles. The van der Waals surface area contributed by atoms with Gasteiger partial charge in [0.2, 0.25) is 0 Å². The molecule has 3 nitrogen and oxygen atoms in total. The van der Waals surface area contributed by atoms with Crippen LogP contribution in [0.15, 0.2) is 6.07 Å². The van der Waals surface area contributed by atoms with Gasteiger partial charge in [-0.25, -0.2) is 0 Å². The fourth-order valence-corrected chi connectivity index (χ4v) is 3.83. The molecule has 1 saturated carbocycles. The van der Waals surface area contributed by atoms with Crippen LogP contribution in [0.5, 0.6) is 0 Å². The van der Waals surface area contributed by atoms with Crippen LogP contribution in [0.25, 0.3) is 0 Å². The fraction of sp³-hybridized carbons (Fsp3) is 0.722. The molecule has 0 atom stereocenters. The zero-order chi connectivity index (χ0) is 15.6. The number of nitrogens with zero attached hydrogens (tertiary/aromatic N) is 2. The maximum absolute atomic E-state index is 12.7. The number of hydrogen-bond acceptors (Lipinski definition) is 1. The molecule has 0 bridgehead atoms. The van der Waals surface area contributed by atoms with Crippen molar-refractivity contribution in [2.75, 3.05) is 13.6 Å². The van der Waals surface area contributed by atoms with Gasteiger partial charge in [0.05, 0.1) is 5.56 Å². The summed E-state index contributed by atoms with van der Waals surface area (Å²) < 4.78 is 2.25. The van der Waals surface area contributed by atoms with Crippen molar-refractivity contribution in [1.29, 1.82) is 0 Å². The van der Waals surface area contributed by atoms with E-state index in [0.717, 1.165) is 17.8 Å². The van der Waals surface area contributed by atoms with Crippen LogP contribution in [0.1, 0.15) is 73.7 Å². The third-order valence-corrected chi connectivity index (χ3v) is 4.83. The van der Waals surface area contributed by atoms with Crippen LogP contribution in [0.2, 0.25) is 0 Å². The summed E-state index contributed by atoms with van der Waals surface area (Å²) >= 11 is 0. The number of amides is 1. The molecule has 1 amide bonds. The number of hydrogen-bond donors (Lipinski definition) is 0. The summed E-state index contributed by atoms with van der Waals surface area (Å²) in [7, 11) is 1.96. The average Bonchev–Trinajstić information content (AvgIpc) is 2.74. The lowest BCUT2D eigenvalue weighted by molar-refractivity contribution is 0.0759. The van der Waals surface area contributed by atoms with Crippen LogP contribution in [-0.4, -0.2) is 29.0 Å². The predicted molar refractivity (Wildman–Crippen MR) is 87.8 cm³/mol. The Morgan fingerprint density at radius 3 is 2.43 bits per heavy atom. The van der Waals surface area contributed by atoms with Crippen molar-refractivity contribution in [3.05, 3.63) is 23.0 Å². The average molecular weight is 290 g/mol. The minimum Gasteiger partial charge on any atom is -0.346 e. The van der Waals surface area contributed by atoms with E-state index in [1.165, 1.54) is 37.8 Å². The highest BCUT2D eigenvalue weighted by molar-refractivity contribution is 5.95. The number of carbonyl (C=O) groups is 1. The van der Waals surface area contributed by atoms with E-state index in [1.807, 2.05) is 11.9 Å². The van der Waals surface area contributed by atoms with Crippen molar-refractivity contribution in [1.82, 2.24) is 9.47 Å². The zero-order valence-corrected chi connectivity index (χ0v) is 14.3. The van der Waals surface area contributed by atoms with Crippen LogP contribution in [-0.2, 0) is 0 Å². The number of aromatic nitrogens is 1. The van der Waals surface area contributed by atoms with Crippen molar-refractivity contribution in [2.24, 2.45) is 5.92 Å². The number of carbonyl (C=O) groups excluding carboxylic acids is 1. The second kappa shape index (κ2) is 6.67. The first-order valence-corrected chi connectivity index (χ1v) is 8.35. The molecule has 2 rings (SSSR count). The molecule has 1 fully saturated rings. The Kier molecular flexibility index (Phi) is 5.13. The van der Waals surface area contributed by atoms with Crippen molar-refractivity contribution in [3.63, 3.8) is 0 Å². The second-order valence-electron chi connectivity index (χ2n) is 6.94. The van der Waals surface area contributed by atoms with Crippen molar-refractivity contribution < 1.29 is 4.79 Å². The van der Waals surface area contributed by atoms with Gasteiger partial charge in [-0.3, -0.25) is 4.79 Å². The van der Waals surface area contributed by atoms with Gasteiger partial charge < -0.3 is 9.47 Å². The van der Waals surface area contributed by atoms with Crippen LogP contribution < -0.4 is 0 Å². The van der Waals surface area contributed by atoms with Crippen LogP contribution in [0.3, 0.4) is 0 Å². The monoisotopic (exact) mass is 290 g/mol. The van der Waals surface area contributed by atoms with Crippen LogP contribution >= 0.6 is 0 Å². The van der Waals surface area contributed by atoms with E-state index in [1.54, 1.807) is 0 Å². The van der Waals surface area contributed by atoms with E-state index >= 15 is 0 Å². The van der Waals surface area contributed by atoms with Gasteiger partial charge in [-0.2, -0.15) is 0 Å². The maximum Gasteiger partial charge on any atom is 0.255 e. The molecule has 0 spiro atoms. The lowest BCUT2D eigenvalue weighted by Gasteiger charge is -2.27. The summed E-state index contributed by atoms with van der Waals surface area (Å²) in [6, 6.07) is 2.45. The molecular formula is C18H30N2O. The SMILES string of the molecule is Cc1cc(C(=O)N(C)CC2CCCCC2)c(C)n1C(C)C. The summed E-state index contributed by atoms with van der Waals surface area (Å²) in [4.78, 5) is 14.7. The Bertz CT molecular complexity index is 496. The molecule has 0 aliphatic heterocycles. The topological polar surface area (TPSA) is 25.2 Å². The normalized spacial score (nSPS) is 16.5. The molecule has 21 heavy (non-hydrogen) atoms. The van der Waals surface area contributed by atoms with Gasteiger partial charge in [0, 0.05) is 31.0 Å². The highest BCUT2D eigenvalue weighted by Crippen LogP contribution is 2.26. The summed E-state index contributed by atoms with van der Waals surface area (Å²) in [6.07, 6.45) is 6.58. The standard InChI is InChI=1S/C18H30N2O/c1-13(2)20-14(3)11-17(15(20)4)18(21)19(5)12-16-9-7-6-8-10-16/h11,13,16H,6-10,12H2,1-5H3. The first-order chi connectivity index (χ1) is 9.91. The largest absolute Gasteiger partial charge is 0.346 e. The lowest BCUT2D eigenvalue weighted by atomic mass is 9.89. The van der Waals surface area contributed by atoms with Gasteiger partial charge in [-0.15, -0.1) is 0 Å². The van der Waals surface area contributed by atoms with E-state index in [-0.39, 0.29) is 5.91 Å². The van der Waals surface area contributed by atoms with E-state index < -0.39 is 0 Å². The third kappa shape index (κ3) is 3.50. The molecule has 1 aromatic rings. The summed E-state index contributed by atoms with van der Waals surface area (Å²) in [5.74, 6) is 0.877. The number of aryl methyl sites for hydroxylation is 1. The van der Waals surface area contributed by atoms with Crippen LogP contribution in [0, 0.1) is 19.8 Å². The molecule has 0 aromatic carbocycles. The van der Waals surface area contributed by atoms with Gasteiger partial charge in [-0.1, -0.05) is 19.3 Å². The van der Waals surface area contributed by atoms with E-state index in [2.05, 4.69) is 38.3 Å². The highest BCUT2D eigenvalue weighted by atomic mass is 16.2. The van der Waals surface area contributed by atoms with Crippen LogP contribution in [0.4, 0.5) is 0 Å². The van der Waals surface area contributed by atoms with Gasteiger partial charge >= 0.3 is 0 Å². The lowest BCUT2D eigenvalue weighted by Crippen LogP contribution is -2.33. The Morgan fingerprint density at radius 2 is 1.90 bits per heavy atom. The molecule has 3 heteroatoms. The van der Waals surface area contributed by atoms with Crippen molar-refractivity contribution >= 4 is 5.91 Å². The first-order valence-electron chi connectivity index (χ1n) is 8.35. The van der Waals surface area contributed by atoms with Gasteiger partial charge in [0.25, 0.3) is 5.91 Å². The molecule has 1 aliphatic carbocycles. The summed E-state index contributed by atoms with van der Waals surface area (Å²) in [6.45, 7) is 9.39. The molecular weight excluding hydrogens is 260 g/mol. The summed E-state index contributed by atoms with van der Waals surface area (Å²) in [5, 5.41) is 0. The Hall–Kier alpha value is -1.25. The van der Waals surface area contributed by atoms with E-state index in [4.69, 9.17) is 0 Å². The Labute approximate surface area is 129 Å². The Morgan fingerprint density at radius 1 is 1.29 bits per heavy atom. The predicted octanol–water partition coefficient (Wildman–Crippen LogP) is 4.34. The molecule has 118 valence electrons. The third-order valence-electron chi connectivity index (χ3n) is 4.83. The summed E-state index contributed by atoms with van der Waals surface area (Å²) in [5.41, 5.74) is 3.15. The molecule has 0 unspecified atom stereocenters. The van der Waals surface area contributed by atoms with Gasteiger partial charge in [0.15, 0.2) is 0 Å². The number of rotatable bonds is 4.